The molecule has 63 heavy (non-hydrogen) atoms. The summed E-state index contributed by atoms with van der Waals surface area (Å²) in [5, 5.41) is 0. The number of esters is 3. The molecule has 0 bridgehead atoms. The van der Waals surface area contributed by atoms with Crippen molar-refractivity contribution in [3.05, 3.63) is 36.5 Å². The Morgan fingerprint density at radius 1 is 0.317 bits per heavy atom. The molecule has 0 rings (SSSR count). The molecule has 0 amide bonds. The SMILES string of the molecule is CCCCCCC/C=C\C/C=C\CCCCCCCCCCCC(=O)OCC(COC(=O)CCCCCCCCCC)OC(=O)CCCCCCC/C=C\CCCCCCCCC. The molecule has 0 aromatic carbocycles. The molecule has 0 N–H and O–H groups in total. The molecule has 6 nitrogen and oxygen atoms in total. The molecule has 0 saturated carbocycles. The van der Waals surface area contributed by atoms with Gasteiger partial charge in [0, 0.05) is 19.3 Å². The topological polar surface area (TPSA) is 78.9 Å². The van der Waals surface area contributed by atoms with E-state index >= 15 is 0 Å². The lowest BCUT2D eigenvalue weighted by molar-refractivity contribution is -0.167. The molecule has 0 spiro atoms. The molecule has 368 valence electrons. The number of carbonyl (C=O) groups is 3. The van der Waals surface area contributed by atoms with Gasteiger partial charge in [0.15, 0.2) is 6.10 Å². The molecule has 1 unspecified atom stereocenters. The Labute approximate surface area is 391 Å². The third-order valence-corrected chi connectivity index (χ3v) is 12.1. The number of unbranched alkanes of at least 4 members (excludes halogenated alkanes) is 33. The van der Waals surface area contributed by atoms with Crippen LogP contribution in [0.1, 0.15) is 290 Å². The molecule has 0 fully saturated rings. The summed E-state index contributed by atoms with van der Waals surface area (Å²) >= 11 is 0. The van der Waals surface area contributed by atoms with Crippen molar-refractivity contribution in [2.75, 3.05) is 13.2 Å². The van der Waals surface area contributed by atoms with E-state index in [1.807, 2.05) is 0 Å². The van der Waals surface area contributed by atoms with E-state index in [4.69, 9.17) is 14.2 Å². The minimum atomic E-state index is -0.773. The number of rotatable bonds is 50. The van der Waals surface area contributed by atoms with Crippen LogP contribution in [0, 0.1) is 0 Å². The molecule has 0 aliphatic rings. The summed E-state index contributed by atoms with van der Waals surface area (Å²) in [4.78, 5) is 37.9. The monoisotopic (exact) mass is 885 g/mol. The molecule has 0 aliphatic heterocycles. The van der Waals surface area contributed by atoms with Crippen LogP contribution in [0.15, 0.2) is 36.5 Å². The molecule has 0 heterocycles. The average molecular weight is 885 g/mol. The normalized spacial score (nSPS) is 12.2. The van der Waals surface area contributed by atoms with E-state index in [0.29, 0.717) is 19.3 Å². The van der Waals surface area contributed by atoms with Gasteiger partial charge in [-0.3, -0.25) is 14.4 Å². The minimum Gasteiger partial charge on any atom is -0.462 e. The lowest BCUT2D eigenvalue weighted by Gasteiger charge is -2.18. The van der Waals surface area contributed by atoms with E-state index in [-0.39, 0.29) is 31.1 Å². The summed E-state index contributed by atoms with van der Waals surface area (Å²) in [6.45, 7) is 6.61. The van der Waals surface area contributed by atoms with Crippen LogP contribution in [0.4, 0.5) is 0 Å². The van der Waals surface area contributed by atoms with Crippen molar-refractivity contribution in [3.8, 4) is 0 Å². The second-order valence-corrected chi connectivity index (χ2v) is 18.5. The summed E-state index contributed by atoms with van der Waals surface area (Å²) < 4.78 is 16.8. The standard InChI is InChI=1S/C57H104O6/c1-4-7-10-13-16-19-21-23-25-27-28-29-30-31-33-34-36-38-41-44-47-50-56(59)62-53-54(52-61-55(58)49-46-43-40-18-15-12-9-6-3)63-57(60)51-48-45-42-39-37-35-32-26-24-22-20-17-14-11-8-5-2/h21,23,26-28,32,54H,4-20,22,24-25,29-31,33-53H2,1-3H3/b23-21-,28-27-,32-26-. The number of hydrogen-bond acceptors (Lipinski definition) is 6. The predicted molar refractivity (Wildman–Crippen MR) is 270 cm³/mol. The first kappa shape index (κ1) is 60.6. The number of hydrogen-bond donors (Lipinski definition) is 0. The summed E-state index contributed by atoms with van der Waals surface area (Å²) in [5.74, 6) is -0.880. The Kier molecular flexibility index (Phi) is 50.3. The average Bonchev–Trinajstić information content (AvgIpc) is 3.28. The van der Waals surface area contributed by atoms with Gasteiger partial charge in [-0.05, 0) is 77.0 Å². The third-order valence-electron chi connectivity index (χ3n) is 12.1. The fraction of sp³-hybridized carbons (Fsp3) is 0.842. The minimum absolute atomic E-state index is 0.0744. The van der Waals surface area contributed by atoms with Crippen molar-refractivity contribution in [3.63, 3.8) is 0 Å². The largest absolute Gasteiger partial charge is 0.462 e. The maximum absolute atomic E-state index is 12.8. The number of carbonyl (C=O) groups excluding carboxylic acids is 3. The predicted octanol–water partition coefficient (Wildman–Crippen LogP) is 18.1. The highest BCUT2D eigenvalue weighted by Crippen LogP contribution is 2.15. The first-order chi connectivity index (χ1) is 31.0. The van der Waals surface area contributed by atoms with E-state index in [0.717, 1.165) is 70.6 Å². The molecule has 1 atom stereocenters. The summed E-state index contributed by atoms with van der Waals surface area (Å²) in [6.07, 6.45) is 61.4. The van der Waals surface area contributed by atoms with Gasteiger partial charge in [0.25, 0.3) is 0 Å². The van der Waals surface area contributed by atoms with Gasteiger partial charge in [0.1, 0.15) is 13.2 Å². The quantitative estimate of drug-likeness (QED) is 0.0262. The van der Waals surface area contributed by atoms with Gasteiger partial charge >= 0.3 is 17.9 Å². The van der Waals surface area contributed by atoms with Crippen LogP contribution in [0.2, 0.25) is 0 Å². The van der Waals surface area contributed by atoms with Gasteiger partial charge in [-0.1, -0.05) is 231 Å². The molecule has 0 aromatic rings. The van der Waals surface area contributed by atoms with Crippen molar-refractivity contribution >= 4 is 17.9 Å². The van der Waals surface area contributed by atoms with Crippen molar-refractivity contribution in [1.29, 1.82) is 0 Å². The first-order valence-electron chi connectivity index (χ1n) is 27.5. The fourth-order valence-corrected chi connectivity index (χ4v) is 7.94. The Morgan fingerprint density at radius 2 is 0.571 bits per heavy atom. The van der Waals surface area contributed by atoms with Crippen molar-refractivity contribution in [2.24, 2.45) is 0 Å². The first-order valence-corrected chi connectivity index (χ1v) is 27.5. The summed E-state index contributed by atoms with van der Waals surface area (Å²) in [6, 6.07) is 0. The fourth-order valence-electron chi connectivity index (χ4n) is 7.94. The van der Waals surface area contributed by atoms with Crippen LogP contribution in [0.3, 0.4) is 0 Å². The Hall–Kier alpha value is -2.37. The van der Waals surface area contributed by atoms with Crippen molar-refractivity contribution < 1.29 is 28.6 Å². The van der Waals surface area contributed by atoms with Gasteiger partial charge < -0.3 is 14.2 Å². The summed E-state index contributed by atoms with van der Waals surface area (Å²) in [5.41, 5.74) is 0. The highest BCUT2D eigenvalue weighted by Gasteiger charge is 2.19. The van der Waals surface area contributed by atoms with Gasteiger partial charge in [0.05, 0.1) is 0 Å². The number of ether oxygens (including phenoxy) is 3. The van der Waals surface area contributed by atoms with Crippen LogP contribution < -0.4 is 0 Å². The summed E-state index contributed by atoms with van der Waals surface area (Å²) in [7, 11) is 0. The Balaban J connectivity index is 4.24. The van der Waals surface area contributed by atoms with Crippen LogP contribution in [-0.4, -0.2) is 37.2 Å². The molecular weight excluding hydrogens is 781 g/mol. The van der Waals surface area contributed by atoms with Crippen LogP contribution in [0.25, 0.3) is 0 Å². The molecular formula is C57H104O6. The molecule has 0 radical (unpaired) electrons. The van der Waals surface area contributed by atoms with Crippen molar-refractivity contribution in [2.45, 2.75) is 297 Å². The number of allylic oxidation sites excluding steroid dienone is 6. The van der Waals surface area contributed by atoms with Gasteiger partial charge in [-0.25, -0.2) is 0 Å². The third kappa shape index (κ3) is 50.5. The lowest BCUT2D eigenvalue weighted by atomic mass is 10.1. The zero-order chi connectivity index (χ0) is 45.8. The van der Waals surface area contributed by atoms with Gasteiger partial charge in [-0.15, -0.1) is 0 Å². The van der Waals surface area contributed by atoms with E-state index < -0.39 is 6.10 Å². The van der Waals surface area contributed by atoms with Crippen LogP contribution in [0.5, 0.6) is 0 Å². The lowest BCUT2D eigenvalue weighted by Crippen LogP contribution is -2.30. The van der Waals surface area contributed by atoms with Gasteiger partial charge in [0.2, 0.25) is 0 Å². The maximum Gasteiger partial charge on any atom is 0.306 e. The zero-order valence-electron chi connectivity index (χ0n) is 42.1. The molecule has 0 aliphatic carbocycles. The second kappa shape index (κ2) is 52.3. The zero-order valence-corrected chi connectivity index (χ0v) is 42.1. The van der Waals surface area contributed by atoms with E-state index in [9.17, 15) is 14.4 Å². The van der Waals surface area contributed by atoms with Crippen LogP contribution >= 0.6 is 0 Å². The van der Waals surface area contributed by atoms with E-state index in [2.05, 4.69) is 57.2 Å². The van der Waals surface area contributed by atoms with Crippen molar-refractivity contribution in [1.82, 2.24) is 0 Å². The highest BCUT2D eigenvalue weighted by molar-refractivity contribution is 5.71. The smallest absolute Gasteiger partial charge is 0.306 e. The van der Waals surface area contributed by atoms with E-state index in [1.165, 1.54) is 180 Å². The van der Waals surface area contributed by atoms with E-state index in [1.54, 1.807) is 0 Å². The molecule has 0 aromatic heterocycles. The molecule has 0 saturated heterocycles. The molecule has 6 heteroatoms. The maximum atomic E-state index is 12.8. The highest BCUT2D eigenvalue weighted by atomic mass is 16.6. The van der Waals surface area contributed by atoms with Crippen LogP contribution in [-0.2, 0) is 28.6 Å². The Bertz CT molecular complexity index is 1060. The van der Waals surface area contributed by atoms with Gasteiger partial charge in [-0.2, -0.15) is 0 Å². The second-order valence-electron chi connectivity index (χ2n) is 18.5. The Morgan fingerprint density at radius 3 is 0.889 bits per heavy atom.